The number of furan rings is 1. The summed E-state index contributed by atoms with van der Waals surface area (Å²) >= 11 is 0. The van der Waals surface area contributed by atoms with E-state index in [1.54, 1.807) is 0 Å². The van der Waals surface area contributed by atoms with Crippen LogP contribution in [-0.2, 0) is 14.9 Å². The van der Waals surface area contributed by atoms with E-state index in [-0.39, 0.29) is 5.76 Å². The van der Waals surface area contributed by atoms with Gasteiger partial charge in [-0.3, -0.25) is 9.35 Å². The third-order valence-electron chi connectivity index (χ3n) is 2.34. The number of amides is 1. The first-order valence-corrected chi connectivity index (χ1v) is 6.37. The molecule has 0 bridgehead atoms. The highest BCUT2D eigenvalue weighted by atomic mass is 32.2. The largest absolute Gasteiger partial charge is 0.437 e. The van der Waals surface area contributed by atoms with Gasteiger partial charge in [0.25, 0.3) is 5.91 Å². The van der Waals surface area contributed by atoms with Crippen molar-refractivity contribution < 1.29 is 26.9 Å². The van der Waals surface area contributed by atoms with Crippen molar-refractivity contribution >= 4 is 16.0 Å². The van der Waals surface area contributed by atoms with Gasteiger partial charge in [0.1, 0.15) is 0 Å². The van der Waals surface area contributed by atoms with Crippen molar-refractivity contribution in [2.45, 2.75) is 5.09 Å². The van der Waals surface area contributed by atoms with Crippen molar-refractivity contribution in [1.29, 1.82) is 0 Å². The highest BCUT2D eigenvalue weighted by Crippen LogP contribution is 2.15. The summed E-state index contributed by atoms with van der Waals surface area (Å²) in [5.41, 5.74) is 0. The van der Waals surface area contributed by atoms with E-state index < -0.39 is 21.1 Å². The molecule has 0 spiro atoms. The Morgan fingerprint density at radius 3 is 2.47 bits per heavy atom. The quantitative estimate of drug-likeness (QED) is 0.752. The smallest absolute Gasteiger partial charge is 0.328 e. The molecule has 8 heteroatoms. The van der Waals surface area contributed by atoms with E-state index in [1.807, 2.05) is 0 Å². The number of hydrogen-bond donors (Lipinski definition) is 1. The minimum Gasteiger partial charge on any atom is -0.437 e. The zero-order valence-corrected chi connectivity index (χ0v) is 9.64. The lowest BCUT2D eigenvalue weighted by molar-refractivity contribution is 0.0279. The summed E-state index contributed by atoms with van der Waals surface area (Å²) in [5.74, 6) is -0.525. The second kappa shape index (κ2) is 4.47. The van der Waals surface area contributed by atoms with Crippen LogP contribution in [0.25, 0.3) is 0 Å². The zero-order chi connectivity index (χ0) is 12.5. The Kier molecular flexibility index (Phi) is 3.18. The summed E-state index contributed by atoms with van der Waals surface area (Å²) in [6.45, 7) is 1.75. The fourth-order valence-electron chi connectivity index (χ4n) is 1.50. The van der Waals surface area contributed by atoms with Gasteiger partial charge in [-0.15, -0.1) is 0 Å². The van der Waals surface area contributed by atoms with Gasteiger partial charge in [-0.1, -0.05) is 0 Å². The van der Waals surface area contributed by atoms with Crippen LogP contribution in [0.4, 0.5) is 0 Å². The van der Waals surface area contributed by atoms with Gasteiger partial charge >= 0.3 is 10.1 Å². The fraction of sp³-hybridized carbons (Fsp3) is 0.444. The van der Waals surface area contributed by atoms with Crippen LogP contribution < -0.4 is 0 Å². The van der Waals surface area contributed by atoms with Crippen LogP contribution in [0.2, 0.25) is 0 Å². The molecular formula is C9H11NO6S. The van der Waals surface area contributed by atoms with E-state index >= 15 is 0 Å². The number of carbonyl (C=O) groups is 1. The molecule has 1 aliphatic rings. The molecule has 94 valence electrons. The van der Waals surface area contributed by atoms with Gasteiger partial charge in [0.15, 0.2) is 5.76 Å². The standard InChI is InChI=1S/C9H11NO6S/c11-9(10-3-5-15-6-4-10)7-1-2-8(16-7)17(12,13)14/h1-2H,3-6H2,(H,12,13,14). The number of hydrogen-bond acceptors (Lipinski definition) is 5. The SMILES string of the molecule is O=C(c1ccc(S(=O)(=O)O)o1)N1CCOCC1. The van der Waals surface area contributed by atoms with Gasteiger partial charge in [-0.05, 0) is 12.1 Å². The molecule has 7 nitrogen and oxygen atoms in total. The first kappa shape index (κ1) is 12.1. The Morgan fingerprint density at radius 1 is 1.29 bits per heavy atom. The van der Waals surface area contributed by atoms with E-state index in [0.29, 0.717) is 26.3 Å². The molecule has 0 radical (unpaired) electrons. The average molecular weight is 261 g/mol. The second-order valence-corrected chi connectivity index (χ2v) is 4.85. The number of rotatable bonds is 2. The average Bonchev–Trinajstić information content (AvgIpc) is 2.78. The molecule has 1 fully saturated rings. The molecular weight excluding hydrogens is 250 g/mol. The summed E-state index contributed by atoms with van der Waals surface area (Å²) in [6.07, 6.45) is 0. The Bertz CT molecular complexity index is 513. The molecule has 0 saturated carbocycles. The topological polar surface area (TPSA) is 97.0 Å². The van der Waals surface area contributed by atoms with E-state index in [2.05, 4.69) is 0 Å². The number of morpholine rings is 1. The molecule has 0 unspecified atom stereocenters. The van der Waals surface area contributed by atoms with Gasteiger partial charge in [0.05, 0.1) is 13.2 Å². The minimum atomic E-state index is -4.41. The molecule has 17 heavy (non-hydrogen) atoms. The van der Waals surface area contributed by atoms with Crippen molar-refractivity contribution in [2.75, 3.05) is 26.3 Å². The van der Waals surface area contributed by atoms with Crippen molar-refractivity contribution in [3.8, 4) is 0 Å². The molecule has 0 aliphatic carbocycles. The van der Waals surface area contributed by atoms with Crippen molar-refractivity contribution in [1.82, 2.24) is 4.90 Å². The summed E-state index contributed by atoms with van der Waals surface area (Å²) in [5, 5.41) is -0.630. The number of ether oxygens (including phenoxy) is 1. The van der Waals surface area contributed by atoms with Crippen molar-refractivity contribution in [3.63, 3.8) is 0 Å². The lowest BCUT2D eigenvalue weighted by Crippen LogP contribution is -2.40. The van der Waals surface area contributed by atoms with Crippen LogP contribution in [0.5, 0.6) is 0 Å². The second-order valence-electron chi connectivity index (χ2n) is 3.50. The van der Waals surface area contributed by atoms with Crippen LogP contribution in [0.3, 0.4) is 0 Å². The maximum atomic E-state index is 11.8. The van der Waals surface area contributed by atoms with Crippen LogP contribution >= 0.6 is 0 Å². The molecule has 0 atom stereocenters. The van der Waals surface area contributed by atoms with Gasteiger partial charge in [-0.25, -0.2) is 0 Å². The molecule has 0 aromatic carbocycles. The monoisotopic (exact) mass is 261 g/mol. The third kappa shape index (κ3) is 2.65. The lowest BCUT2D eigenvalue weighted by atomic mass is 10.3. The molecule has 1 saturated heterocycles. The fourth-order valence-corrected chi connectivity index (χ4v) is 1.93. The molecule has 1 aromatic rings. The molecule has 1 N–H and O–H groups in total. The van der Waals surface area contributed by atoms with E-state index in [4.69, 9.17) is 13.7 Å². The first-order valence-electron chi connectivity index (χ1n) is 4.93. The Labute approximate surface area is 97.7 Å². The third-order valence-corrected chi connectivity index (χ3v) is 3.07. The minimum absolute atomic E-state index is 0.112. The van der Waals surface area contributed by atoms with Crippen LogP contribution in [0.1, 0.15) is 10.6 Å². The van der Waals surface area contributed by atoms with Crippen LogP contribution in [0, 0.1) is 0 Å². The molecule has 1 aromatic heterocycles. The predicted molar refractivity (Wildman–Crippen MR) is 55.2 cm³/mol. The maximum absolute atomic E-state index is 11.8. The first-order chi connectivity index (χ1) is 7.98. The molecule has 2 rings (SSSR count). The molecule has 2 heterocycles. The lowest BCUT2D eigenvalue weighted by Gasteiger charge is -2.25. The van der Waals surface area contributed by atoms with Gasteiger partial charge in [0.2, 0.25) is 5.09 Å². The highest BCUT2D eigenvalue weighted by molar-refractivity contribution is 7.85. The van der Waals surface area contributed by atoms with Crippen molar-refractivity contribution in [2.24, 2.45) is 0 Å². The van der Waals surface area contributed by atoms with E-state index in [1.165, 1.54) is 11.0 Å². The van der Waals surface area contributed by atoms with E-state index in [9.17, 15) is 13.2 Å². The number of nitrogens with zero attached hydrogens (tertiary/aromatic N) is 1. The summed E-state index contributed by atoms with van der Waals surface area (Å²) in [6, 6.07) is 2.27. The summed E-state index contributed by atoms with van der Waals surface area (Å²) in [4.78, 5) is 13.3. The van der Waals surface area contributed by atoms with Gasteiger partial charge in [-0.2, -0.15) is 8.42 Å². The van der Waals surface area contributed by atoms with Crippen molar-refractivity contribution in [3.05, 3.63) is 17.9 Å². The Balaban J connectivity index is 2.17. The summed E-state index contributed by atoms with van der Waals surface area (Å²) < 4.78 is 40.1. The predicted octanol–water partition coefficient (Wildman–Crippen LogP) is -0.00130. The molecule has 1 aliphatic heterocycles. The Morgan fingerprint density at radius 2 is 1.94 bits per heavy atom. The van der Waals surface area contributed by atoms with Gasteiger partial charge < -0.3 is 14.1 Å². The number of carbonyl (C=O) groups excluding carboxylic acids is 1. The summed E-state index contributed by atoms with van der Waals surface area (Å²) in [7, 11) is -4.41. The normalized spacial score (nSPS) is 17.1. The van der Waals surface area contributed by atoms with Crippen LogP contribution in [0.15, 0.2) is 21.6 Å². The molecule has 1 amide bonds. The maximum Gasteiger partial charge on any atom is 0.328 e. The van der Waals surface area contributed by atoms with Crippen LogP contribution in [-0.4, -0.2) is 50.1 Å². The van der Waals surface area contributed by atoms with E-state index in [0.717, 1.165) is 6.07 Å². The zero-order valence-electron chi connectivity index (χ0n) is 8.83. The highest BCUT2D eigenvalue weighted by Gasteiger charge is 2.23. The van der Waals surface area contributed by atoms with Gasteiger partial charge in [0, 0.05) is 13.1 Å². The Hall–Kier alpha value is -1.38.